The Morgan fingerprint density at radius 2 is 1.71 bits per heavy atom. The number of anilines is 2. The highest BCUT2D eigenvalue weighted by Gasteiger charge is 2.12. The Balaban J connectivity index is 0.00000408. The van der Waals surface area contributed by atoms with Gasteiger partial charge in [-0.1, -0.05) is 34.8 Å². The fraction of sp³-hybridized carbons (Fsp3) is 0.360. The summed E-state index contributed by atoms with van der Waals surface area (Å²) in [5, 5.41) is 5.90. The van der Waals surface area contributed by atoms with Gasteiger partial charge in [-0.2, -0.15) is 0 Å². The van der Waals surface area contributed by atoms with Crippen LogP contribution in [0.5, 0.6) is 0 Å². The Morgan fingerprint density at radius 3 is 2.35 bits per heavy atom. The number of nitrogen functional groups attached to an aromatic ring is 1. The van der Waals surface area contributed by atoms with Crippen LogP contribution < -0.4 is 28.4 Å². The van der Waals surface area contributed by atoms with Crippen LogP contribution in [0.4, 0.5) is 11.5 Å². The van der Waals surface area contributed by atoms with Crippen LogP contribution in [-0.4, -0.2) is 35.6 Å². The smallest absolute Gasteiger partial charge is 0.154 e. The van der Waals surface area contributed by atoms with E-state index in [0.29, 0.717) is 32.1 Å². The van der Waals surface area contributed by atoms with Crippen molar-refractivity contribution < 1.29 is 17.3 Å². The molecule has 0 bridgehead atoms. The second-order valence-electron chi connectivity index (χ2n) is 8.22. The molecule has 1 unspecified atom stereocenters. The van der Waals surface area contributed by atoms with Gasteiger partial charge in [0.25, 0.3) is 0 Å². The number of halogens is 4. The van der Waals surface area contributed by atoms with Gasteiger partial charge in [0, 0.05) is 27.7 Å². The average Bonchev–Trinajstić information content (AvgIpc) is 2.76. The molecule has 184 valence electrons. The number of nitrogens with zero attached hydrogens (tertiary/aromatic N) is 2. The molecule has 34 heavy (non-hydrogen) atoms. The number of fused-ring (bicyclic) bond motifs is 1. The molecule has 0 saturated carbocycles. The molecule has 3 aromatic rings. The first-order valence-corrected chi connectivity index (χ1v) is 12.4. The lowest BCUT2D eigenvalue weighted by atomic mass is 10.1. The summed E-state index contributed by atoms with van der Waals surface area (Å²) in [6, 6.07) is 9.24. The van der Waals surface area contributed by atoms with Crippen molar-refractivity contribution >= 4 is 69.4 Å². The molecular formula is C25H31Cl4N5. The third kappa shape index (κ3) is 7.62. The monoisotopic (exact) mass is 541 g/mol. The molecule has 0 aliphatic carbocycles. The molecule has 1 heterocycles. The lowest BCUT2D eigenvalue weighted by molar-refractivity contribution is -0.896. The molecular weight excluding hydrogens is 512 g/mol. The largest absolute Gasteiger partial charge is 1.00 e. The molecule has 1 atom stereocenters. The van der Waals surface area contributed by atoms with Crippen LogP contribution in [0.1, 0.15) is 45.0 Å². The van der Waals surface area contributed by atoms with Gasteiger partial charge in [-0.15, -0.1) is 0 Å². The number of hydrogen-bond donors (Lipinski definition) is 3. The van der Waals surface area contributed by atoms with Crippen LogP contribution in [-0.2, 0) is 0 Å². The molecule has 0 aliphatic heterocycles. The summed E-state index contributed by atoms with van der Waals surface area (Å²) in [5.41, 5.74) is 8.21. The number of nitrogens with one attached hydrogen (secondary N) is 2. The molecule has 0 saturated heterocycles. The van der Waals surface area contributed by atoms with Gasteiger partial charge in [-0.05, 0) is 76.1 Å². The summed E-state index contributed by atoms with van der Waals surface area (Å²) >= 11 is 18.7. The molecule has 0 spiro atoms. The number of rotatable bonds is 10. The zero-order chi connectivity index (χ0) is 24.0. The minimum atomic E-state index is 0. The quantitative estimate of drug-likeness (QED) is 0.345. The maximum atomic E-state index is 6.32. The predicted octanol–water partition coefficient (Wildman–Crippen LogP) is 2.85. The number of hydrogen-bond acceptors (Lipinski definition) is 4. The van der Waals surface area contributed by atoms with Crippen LogP contribution in [0.3, 0.4) is 0 Å². The third-order valence-corrected chi connectivity index (χ3v) is 6.57. The minimum absolute atomic E-state index is 0. The van der Waals surface area contributed by atoms with Gasteiger partial charge in [0.15, 0.2) is 5.82 Å². The lowest BCUT2D eigenvalue weighted by Crippen LogP contribution is -3.11. The molecule has 2 aromatic carbocycles. The van der Waals surface area contributed by atoms with E-state index in [9.17, 15) is 0 Å². The number of nitrogens with two attached hydrogens (primary N) is 1. The fourth-order valence-corrected chi connectivity index (χ4v) is 4.73. The Kier molecular flexibility index (Phi) is 11.2. The molecule has 3 rings (SSSR count). The molecule has 0 fully saturated rings. The van der Waals surface area contributed by atoms with Crippen LogP contribution in [0.15, 0.2) is 30.3 Å². The Morgan fingerprint density at radius 1 is 1.03 bits per heavy atom. The zero-order valence-electron chi connectivity index (χ0n) is 19.6. The third-order valence-electron chi connectivity index (χ3n) is 5.73. The van der Waals surface area contributed by atoms with Gasteiger partial charge in [-0.3, -0.25) is 0 Å². The van der Waals surface area contributed by atoms with E-state index in [2.05, 4.69) is 31.1 Å². The Labute approximate surface area is 223 Å². The van der Waals surface area contributed by atoms with Crippen molar-refractivity contribution in [2.24, 2.45) is 0 Å². The zero-order valence-corrected chi connectivity index (χ0v) is 22.7. The minimum Gasteiger partial charge on any atom is -1.00 e. The highest BCUT2D eigenvalue weighted by molar-refractivity contribution is 6.40. The molecule has 1 aromatic heterocycles. The van der Waals surface area contributed by atoms with E-state index in [-0.39, 0.29) is 18.4 Å². The summed E-state index contributed by atoms with van der Waals surface area (Å²) in [7, 11) is 0. The molecule has 0 amide bonds. The summed E-state index contributed by atoms with van der Waals surface area (Å²) in [4.78, 5) is 11.1. The number of benzene rings is 2. The molecule has 4 N–H and O–H groups in total. The van der Waals surface area contributed by atoms with Crippen molar-refractivity contribution in [2.75, 3.05) is 30.7 Å². The summed E-state index contributed by atoms with van der Waals surface area (Å²) in [5.74, 6) is 1.32. The van der Waals surface area contributed by atoms with Crippen molar-refractivity contribution in [2.45, 2.75) is 39.7 Å². The van der Waals surface area contributed by atoms with Crippen molar-refractivity contribution in [3.8, 4) is 0 Å². The van der Waals surface area contributed by atoms with E-state index < -0.39 is 0 Å². The molecule has 0 radical (unpaired) electrons. The molecule has 5 nitrogen and oxygen atoms in total. The topological polar surface area (TPSA) is 68.3 Å². The first kappa shape index (κ1) is 28.5. The highest BCUT2D eigenvalue weighted by atomic mass is 35.5. The van der Waals surface area contributed by atoms with E-state index in [1.54, 1.807) is 29.2 Å². The summed E-state index contributed by atoms with van der Waals surface area (Å²) in [6.07, 6.45) is 5.81. The van der Waals surface area contributed by atoms with E-state index in [1.165, 1.54) is 6.54 Å². The Bertz CT molecular complexity index is 1110. The van der Waals surface area contributed by atoms with Crippen molar-refractivity contribution in [3.05, 3.63) is 56.8 Å². The van der Waals surface area contributed by atoms with E-state index in [4.69, 9.17) is 45.5 Å². The van der Waals surface area contributed by atoms with Gasteiger partial charge in [0.1, 0.15) is 5.82 Å². The van der Waals surface area contributed by atoms with Crippen LogP contribution >= 0.6 is 34.8 Å². The predicted molar refractivity (Wildman–Crippen MR) is 144 cm³/mol. The van der Waals surface area contributed by atoms with Gasteiger partial charge in [0.2, 0.25) is 0 Å². The highest BCUT2D eigenvalue weighted by Crippen LogP contribution is 2.31. The van der Waals surface area contributed by atoms with E-state index >= 15 is 0 Å². The maximum absolute atomic E-state index is 6.32. The average molecular weight is 543 g/mol. The SMILES string of the molecule is CC[NH+](CC)CCCC(C)Nc1nc(C=Cc2c(Cl)cc(Cl)cc2Cl)nc2ccc(N)cc12.[Cl-]. The van der Waals surface area contributed by atoms with Crippen LogP contribution in [0.2, 0.25) is 15.1 Å². The normalized spacial score (nSPS) is 12.3. The second-order valence-corrected chi connectivity index (χ2v) is 9.47. The van der Waals surface area contributed by atoms with Crippen LogP contribution in [0, 0.1) is 0 Å². The van der Waals surface area contributed by atoms with Gasteiger partial charge < -0.3 is 28.4 Å². The molecule has 9 heteroatoms. The van der Waals surface area contributed by atoms with E-state index in [0.717, 1.165) is 42.7 Å². The maximum Gasteiger partial charge on any atom is 0.154 e. The van der Waals surface area contributed by atoms with Gasteiger partial charge >= 0.3 is 0 Å². The van der Waals surface area contributed by atoms with Gasteiger partial charge in [0.05, 0.1) is 35.2 Å². The Hall–Kier alpha value is -1.76. The summed E-state index contributed by atoms with van der Waals surface area (Å²) < 4.78 is 0. The second kappa shape index (κ2) is 13.4. The fourth-order valence-electron chi connectivity index (χ4n) is 3.79. The van der Waals surface area contributed by atoms with Crippen molar-refractivity contribution in [1.29, 1.82) is 0 Å². The molecule has 0 aliphatic rings. The first-order valence-electron chi connectivity index (χ1n) is 11.3. The number of quaternary nitrogens is 1. The van der Waals surface area contributed by atoms with Crippen molar-refractivity contribution in [1.82, 2.24) is 9.97 Å². The lowest BCUT2D eigenvalue weighted by Gasteiger charge is -2.19. The van der Waals surface area contributed by atoms with Crippen molar-refractivity contribution in [3.63, 3.8) is 0 Å². The number of aromatic nitrogens is 2. The standard InChI is InChI=1S/C25H30Cl3N5.ClH/c1-4-33(5-2)12-6-7-16(3)30-25-20-15-18(29)8-10-23(20)31-24(32-25)11-9-19-21(27)13-17(26)14-22(19)28;/h8-11,13-16H,4-7,12,29H2,1-3H3,(H,30,31,32);1H. The van der Waals surface area contributed by atoms with E-state index in [1.807, 2.05) is 18.2 Å². The summed E-state index contributed by atoms with van der Waals surface area (Å²) in [6.45, 7) is 10.1. The first-order chi connectivity index (χ1) is 15.8. The van der Waals surface area contributed by atoms with Crippen LogP contribution in [0.25, 0.3) is 23.1 Å². The van der Waals surface area contributed by atoms with Gasteiger partial charge in [-0.25, -0.2) is 9.97 Å².